The van der Waals surface area contributed by atoms with Crippen LogP contribution in [0.2, 0.25) is 0 Å². The molecule has 1 N–H and O–H groups in total. The number of carbonyl (C=O) groups is 1. The molecular weight excluding hydrogens is 228 g/mol. The van der Waals surface area contributed by atoms with E-state index in [4.69, 9.17) is 9.84 Å². The van der Waals surface area contributed by atoms with Crippen molar-refractivity contribution in [1.82, 2.24) is 0 Å². The Labute approximate surface area is 111 Å². The lowest BCUT2D eigenvalue weighted by Gasteiger charge is -2.05. The lowest BCUT2D eigenvalue weighted by molar-refractivity contribution is -0.146. The average molecular weight is 256 g/mol. The number of aliphatic hydroxyl groups excluding tert-OH is 1. The monoisotopic (exact) mass is 256 g/mol. The normalized spacial score (nSPS) is 24.9. The topological polar surface area (TPSA) is 46.5 Å². The maximum absolute atomic E-state index is 11.8. The molecule has 1 aliphatic carbocycles. The molecule has 0 aromatic rings. The zero-order valence-electron chi connectivity index (χ0n) is 12.1. The van der Waals surface area contributed by atoms with Crippen LogP contribution in [0.25, 0.3) is 0 Å². The molecule has 0 aromatic carbocycles. The van der Waals surface area contributed by atoms with Crippen molar-refractivity contribution in [3.63, 3.8) is 0 Å². The highest BCUT2D eigenvalue weighted by Gasteiger charge is 2.62. The van der Waals surface area contributed by atoms with Gasteiger partial charge in [0.25, 0.3) is 0 Å². The summed E-state index contributed by atoms with van der Waals surface area (Å²) in [4.78, 5) is 11.8. The van der Waals surface area contributed by atoms with Crippen molar-refractivity contribution in [2.24, 2.45) is 17.3 Å². The van der Waals surface area contributed by atoms with Crippen molar-refractivity contribution in [3.8, 4) is 0 Å². The highest BCUT2D eigenvalue weighted by molar-refractivity contribution is 5.77. The van der Waals surface area contributed by atoms with Crippen LogP contribution < -0.4 is 0 Å². The zero-order valence-corrected chi connectivity index (χ0v) is 12.1. The molecule has 0 aromatic heterocycles. The third kappa shape index (κ3) is 3.98. The van der Waals surface area contributed by atoms with Crippen molar-refractivity contribution in [2.75, 3.05) is 13.2 Å². The van der Waals surface area contributed by atoms with Crippen LogP contribution in [-0.4, -0.2) is 24.3 Å². The molecule has 1 fully saturated rings. The van der Waals surface area contributed by atoms with E-state index in [-0.39, 0.29) is 29.8 Å². The summed E-state index contributed by atoms with van der Waals surface area (Å²) in [6.45, 7) is 6.87. The lowest BCUT2D eigenvalue weighted by Crippen LogP contribution is -2.12. The highest BCUT2D eigenvalue weighted by atomic mass is 16.5. The van der Waals surface area contributed by atoms with Gasteiger partial charge in [-0.3, -0.25) is 4.79 Å². The first-order valence-corrected chi connectivity index (χ1v) is 7.33. The van der Waals surface area contributed by atoms with Gasteiger partial charge in [-0.05, 0) is 11.8 Å². The quantitative estimate of drug-likeness (QED) is 0.509. The fourth-order valence-corrected chi connectivity index (χ4v) is 2.70. The summed E-state index contributed by atoms with van der Waals surface area (Å²) in [6, 6.07) is 0. The Morgan fingerprint density at radius 2 is 1.78 bits per heavy atom. The van der Waals surface area contributed by atoms with E-state index < -0.39 is 0 Å². The van der Waals surface area contributed by atoms with Crippen molar-refractivity contribution < 1.29 is 14.6 Å². The number of rotatable bonds is 9. The van der Waals surface area contributed by atoms with Gasteiger partial charge in [-0.25, -0.2) is 0 Å². The second-order valence-corrected chi connectivity index (χ2v) is 6.02. The molecule has 3 nitrogen and oxygen atoms in total. The van der Waals surface area contributed by atoms with Gasteiger partial charge >= 0.3 is 5.97 Å². The van der Waals surface area contributed by atoms with Crippen molar-refractivity contribution in [1.29, 1.82) is 0 Å². The molecule has 106 valence electrons. The first-order valence-electron chi connectivity index (χ1n) is 7.33. The summed E-state index contributed by atoms with van der Waals surface area (Å²) >= 11 is 0. The van der Waals surface area contributed by atoms with E-state index in [9.17, 15) is 4.79 Å². The molecule has 0 aliphatic heterocycles. The summed E-state index contributed by atoms with van der Waals surface area (Å²) in [7, 11) is 0. The predicted molar refractivity (Wildman–Crippen MR) is 72.2 cm³/mol. The van der Waals surface area contributed by atoms with E-state index in [0.717, 1.165) is 12.8 Å². The van der Waals surface area contributed by atoms with E-state index >= 15 is 0 Å². The number of hydrogen-bond acceptors (Lipinski definition) is 3. The lowest BCUT2D eigenvalue weighted by atomic mass is 10.1. The third-order valence-electron chi connectivity index (χ3n) is 4.24. The van der Waals surface area contributed by atoms with Crippen LogP contribution in [0.15, 0.2) is 0 Å². The van der Waals surface area contributed by atoms with E-state index in [1.807, 2.05) is 13.8 Å². The largest absolute Gasteiger partial charge is 0.465 e. The van der Waals surface area contributed by atoms with E-state index in [0.29, 0.717) is 6.61 Å². The van der Waals surface area contributed by atoms with Crippen molar-refractivity contribution in [3.05, 3.63) is 0 Å². The fourth-order valence-electron chi connectivity index (χ4n) is 2.70. The number of hydrogen-bond donors (Lipinski definition) is 1. The zero-order chi connectivity index (χ0) is 13.6. The first-order chi connectivity index (χ1) is 8.55. The van der Waals surface area contributed by atoms with Crippen LogP contribution in [0.1, 0.15) is 59.3 Å². The molecule has 2 unspecified atom stereocenters. The minimum Gasteiger partial charge on any atom is -0.465 e. The Kier molecular flexibility index (Phi) is 6.13. The molecule has 2 atom stereocenters. The molecule has 0 radical (unpaired) electrons. The molecule has 1 rings (SSSR count). The Morgan fingerprint density at radius 1 is 1.17 bits per heavy atom. The van der Waals surface area contributed by atoms with Gasteiger partial charge in [0.1, 0.15) is 0 Å². The highest BCUT2D eigenvalue weighted by Crippen LogP contribution is 2.58. The van der Waals surface area contributed by atoms with E-state index in [1.165, 1.54) is 25.7 Å². The molecule has 0 saturated heterocycles. The number of esters is 1. The summed E-state index contributed by atoms with van der Waals surface area (Å²) < 4.78 is 5.29. The number of unbranched alkanes of at least 4 members (excludes halogenated alkanes) is 5. The molecule has 0 bridgehead atoms. The van der Waals surface area contributed by atoms with Gasteiger partial charge in [0, 0.05) is 12.5 Å². The molecule has 3 heteroatoms. The Morgan fingerprint density at radius 3 is 2.33 bits per heavy atom. The molecular formula is C15H28O3. The van der Waals surface area contributed by atoms with Crippen LogP contribution in [0.3, 0.4) is 0 Å². The fraction of sp³-hybridized carbons (Fsp3) is 0.933. The van der Waals surface area contributed by atoms with Crippen molar-refractivity contribution >= 4 is 5.97 Å². The van der Waals surface area contributed by atoms with Gasteiger partial charge in [0.05, 0.1) is 12.5 Å². The summed E-state index contributed by atoms with van der Waals surface area (Å²) in [5, 5.41) is 9.15. The smallest absolute Gasteiger partial charge is 0.309 e. The molecule has 0 amide bonds. The minimum atomic E-state index is -0.118. The van der Waals surface area contributed by atoms with Gasteiger partial charge in [-0.2, -0.15) is 0 Å². The van der Waals surface area contributed by atoms with Crippen LogP contribution in [0, 0.1) is 17.3 Å². The average Bonchev–Trinajstić information content (AvgIpc) is 2.89. The second-order valence-electron chi connectivity index (χ2n) is 6.02. The number of aliphatic hydroxyl groups is 1. The Hall–Kier alpha value is -0.570. The maximum atomic E-state index is 11.8. The van der Waals surface area contributed by atoms with Crippen LogP contribution in [0.5, 0.6) is 0 Å². The minimum absolute atomic E-state index is 0.0764. The standard InChI is InChI=1S/C15H28O3/c1-4-5-6-7-8-9-10-18-14(17)13-12(11-16)15(13,2)3/h12-13,16H,4-11H2,1-3H3. The van der Waals surface area contributed by atoms with Gasteiger partial charge in [0.2, 0.25) is 0 Å². The Balaban J connectivity index is 2.05. The summed E-state index contributed by atoms with van der Waals surface area (Å²) in [6.07, 6.45) is 7.19. The molecule has 0 spiro atoms. The maximum Gasteiger partial charge on any atom is 0.309 e. The van der Waals surface area contributed by atoms with Crippen LogP contribution in [-0.2, 0) is 9.53 Å². The summed E-state index contributed by atoms with van der Waals surface area (Å²) in [5.41, 5.74) is -0.0764. The molecule has 1 aliphatic rings. The van der Waals surface area contributed by atoms with E-state index in [1.54, 1.807) is 0 Å². The Bertz CT molecular complexity index is 260. The SMILES string of the molecule is CCCCCCCCOC(=O)C1C(CO)C1(C)C. The molecule has 18 heavy (non-hydrogen) atoms. The molecule has 0 heterocycles. The second kappa shape index (κ2) is 7.13. The van der Waals surface area contributed by atoms with Gasteiger partial charge < -0.3 is 9.84 Å². The van der Waals surface area contributed by atoms with Gasteiger partial charge in [-0.1, -0.05) is 52.9 Å². The van der Waals surface area contributed by atoms with Gasteiger partial charge in [-0.15, -0.1) is 0 Å². The third-order valence-corrected chi connectivity index (χ3v) is 4.24. The van der Waals surface area contributed by atoms with Crippen LogP contribution in [0.4, 0.5) is 0 Å². The van der Waals surface area contributed by atoms with E-state index in [2.05, 4.69) is 6.92 Å². The number of ether oxygens (including phenoxy) is 1. The van der Waals surface area contributed by atoms with Crippen LogP contribution >= 0.6 is 0 Å². The first kappa shape index (κ1) is 15.5. The summed E-state index contributed by atoms with van der Waals surface area (Å²) in [5.74, 6) is -0.121. The van der Waals surface area contributed by atoms with Crippen molar-refractivity contribution in [2.45, 2.75) is 59.3 Å². The molecule has 1 saturated carbocycles. The van der Waals surface area contributed by atoms with Gasteiger partial charge in [0.15, 0.2) is 0 Å². The number of carbonyl (C=O) groups excluding carboxylic acids is 1. The predicted octanol–water partition coefficient (Wildman–Crippen LogP) is 3.15.